The molecule has 0 spiro atoms. The van der Waals surface area contributed by atoms with Crippen LogP contribution < -0.4 is 10.6 Å². The van der Waals surface area contributed by atoms with Gasteiger partial charge in [0.25, 0.3) is 0 Å². The maximum Gasteiger partial charge on any atom is 0.328 e. The Morgan fingerprint density at radius 1 is 1.33 bits per heavy atom. The first-order chi connectivity index (χ1) is 8.43. The fourth-order valence-electron chi connectivity index (χ4n) is 1.46. The molecule has 6 heteroatoms. The summed E-state index contributed by atoms with van der Waals surface area (Å²) in [5.41, 5.74) is 2.54. The maximum atomic E-state index is 11.5. The van der Waals surface area contributed by atoms with E-state index >= 15 is 0 Å². The number of nitrogens with one attached hydrogen (secondary N) is 2. The van der Waals surface area contributed by atoms with Crippen molar-refractivity contribution in [2.75, 3.05) is 11.9 Å². The van der Waals surface area contributed by atoms with Crippen LogP contribution in [0.1, 0.15) is 11.1 Å². The van der Waals surface area contributed by atoms with Gasteiger partial charge in [-0.15, -0.1) is 0 Å². The van der Waals surface area contributed by atoms with Crippen LogP contribution in [0.25, 0.3) is 0 Å². The third-order valence-corrected chi connectivity index (χ3v) is 2.42. The number of hydrogen-bond acceptors (Lipinski definition) is 3. The normalized spacial score (nSPS) is 11.7. The van der Waals surface area contributed by atoms with Crippen LogP contribution >= 0.6 is 0 Å². The molecule has 98 valence electrons. The molecule has 0 saturated carbocycles. The fourth-order valence-corrected chi connectivity index (χ4v) is 1.46. The SMILES string of the molecule is Cc1ccc(NC(=O)N[C@H](CO)C(=O)O)c(C)c1. The number of carboxylic acids is 1. The Morgan fingerprint density at radius 2 is 2.00 bits per heavy atom. The minimum atomic E-state index is -1.31. The fraction of sp³-hybridized carbons (Fsp3) is 0.333. The van der Waals surface area contributed by atoms with Gasteiger partial charge in [-0.05, 0) is 25.5 Å². The predicted octanol–water partition coefficient (Wildman–Crippen LogP) is 0.870. The zero-order valence-electron chi connectivity index (χ0n) is 10.2. The molecular weight excluding hydrogens is 236 g/mol. The Labute approximate surface area is 105 Å². The van der Waals surface area contributed by atoms with Gasteiger partial charge in [0.05, 0.1) is 6.61 Å². The van der Waals surface area contributed by atoms with Gasteiger partial charge in [-0.1, -0.05) is 17.7 Å². The van der Waals surface area contributed by atoms with Gasteiger partial charge >= 0.3 is 12.0 Å². The lowest BCUT2D eigenvalue weighted by atomic mass is 10.1. The molecule has 0 aliphatic rings. The van der Waals surface area contributed by atoms with Crippen LogP contribution in [0.2, 0.25) is 0 Å². The summed E-state index contributed by atoms with van der Waals surface area (Å²) in [6.45, 7) is 3.11. The van der Waals surface area contributed by atoms with Crippen molar-refractivity contribution >= 4 is 17.7 Å². The van der Waals surface area contributed by atoms with E-state index in [1.807, 2.05) is 26.0 Å². The average molecular weight is 252 g/mol. The number of urea groups is 1. The molecule has 0 aliphatic heterocycles. The van der Waals surface area contributed by atoms with Gasteiger partial charge in [0.1, 0.15) is 0 Å². The van der Waals surface area contributed by atoms with E-state index in [-0.39, 0.29) is 0 Å². The highest BCUT2D eigenvalue weighted by molar-refractivity contribution is 5.92. The largest absolute Gasteiger partial charge is 0.480 e. The molecule has 0 fully saturated rings. The molecule has 0 radical (unpaired) electrons. The van der Waals surface area contributed by atoms with Gasteiger partial charge in [-0.2, -0.15) is 0 Å². The number of aliphatic hydroxyl groups is 1. The number of aliphatic carboxylic acids is 1. The average Bonchev–Trinajstić information content (AvgIpc) is 2.29. The predicted molar refractivity (Wildman–Crippen MR) is 66.6 cm³/mol. The molecule has 1 atom stereocenters. The van der Waals surface area contributed by atoms with E-state index in [1.165, 1.54) is 0 Å². The van der Waals surface area contributed by atoms with E-state index < -0.39 is 24.6 Å². The molecule has 2 amide bonds. The van der Waals surface area contributed by atoms with Crippen molar-refractivity contribution < 1.29 is 19.8 Å². The highest BCUT2D eigenvalue weighted by atomic mass is 16.4. The highest BCUT2D eigenvalue weighted by Crippen LogP contribution is 2.15. The lowest BCUT2D eigenvalue weighted by Gasteiger charge is -2.14. The van der Waals surface area contributed by atoms with E-state index in [0.29, 0.717) is 5.69 Å². The van der Waals surface area contributed by atoms with Crippen LogP contribution in [-0.2, 0) is 4.79 Å². The molecule has 1 rings (SSSR count). The van der Waals surface area contributed by atoms with Gasteiger partial charge in [0.2, 0.25) is 0 Å². The summed E-state index contributed by atoms with van der Waals surface area (Å²) >= 11 is 0. The molecule has 1 aromatic rings. The maximum absolute atomic E-state index is 11.5. The number of aliphatic hydroxyl groups excluding tert-OH is 1. The summed E-state index contributed by atoms with van der Waals surface area (Å²) in [5, 5.41) is 22.1. The number of carbonyl (C=O) groups is 2. The number of hydrogen-bond donors (Lipinski definition) is 4. The van der Waals surface area contributed by atoms with Gasteiger partial charge in [-0.3, -0.25) is 0 Å². The summed E-state index contributed by atoms with van der Waals surface area (Å²) in [4.78, 5) is 22.2. The Morgan fingerprint density at radius 3 is 2.50 bits per heavy atom. The topological polar surface area (TPSA) is 98.7 Å². The minimum Gasteiger partial charge on any atom is -0.480 e. The van der Waals surface area contributed by atoms with Crippen LogP contribution in [0.3, 0.4) is 0 Å². The molecule has 18 heavy (non-hydrogen) atoms. The van der Waals surface area contributed by atoms with Crippen molar-refractivity contribution in [1.29, 1.82) is 0 Å². The number of carbonyl (C=O) groups excluding carboxylic acids is 1. The summed E-state index contributed by atoms with van der Waals surface area (Å²) in [6, 6.07) is 3.50. The van der Waals surface area contributed by atoms with Crippen LogP contribution in [0.4, 0.5) is 10.5 Å². The smallest absolute Gasteiger partial charge is 0.328 e. The van der Waals surface area contributed by atoms with Gasteiger partial charge in [0.15, 0.2) is 6.04 Å². The Kier molecular flexibility index (Phi) is 4.67. The zero-order valence-corrected chi connectivity index (χ0v) is 10.2. The minimum absolute atomic E-state index is 0.597. The number of amides is 2. The van der Waals surface area contributed by atoms with Gasteiger partial charge < -0.3 is 20.8 Å². The molecule has 0 unspecified atom stereocenters. The van der Waals surface area contributed by atoms with Gasteiger partial charge in [-0.25, -0.2) is 9.59 Å². The first-order valence-corrected chi connectivity index (χ1v) is 5.42. The highest BCUT2D eigenvalue weighted by Gasteiger charge is 2.18. The molecular formula is C12H16N2O4. The second-order valence-corrected chi connectivity index (χ2v) is 3.99. The standard InChI is InChI=1S/C12H16N2O4/c1-7-3-4-9(8(2)5-7)13-12(18)14-10(6-15)11(16)17/h3-5,10,15H,6H2,1-2H3,(H,16,17)(H2,13,14,18)/t10-/m1/s1. The number of carboxylic acid groups (broad SMARTS) is 1. The number of benzene rings is 1. The zero-order chi connectivity index (χ0) is 13.7. The van der Waals surface area contributed by atoms with E-state index in [9.17, 15) is 9.59 Å². The van der Waals surface area contributed by atoms with Crippen molar-refractivity contribution in [2.45, 2.75) is 19.9 Å². The van der Waals surface area contributed by atoms with Gasteiger partial charge in [0, 0.05) is 5.69 Å². The van der Waals surface area contributed by atoms with E-state index in [2.05, 4.69) is 10.6 Å². The summed E-state index contributed by atoms with van der Waals surface area (Å²) in [6.07, 6.45) is 0. The van der Waals surface area contributed by atoms with E-state index in [0.717, 1.165) is 11.1 Å². The second-order valence-electron chi connectivity index (χ2n) is 3.99. The number of aryl methyl sites for hydroxylation is 2. The van der Waals surface area contributed by atoms with Crippen LogP contribution in [0.5, 0.6) is 0 Å². The number of anilines is 1. The summed E-state index contributed by atoms with van der Waals surface area (Å²) in [5.74, 6) is -1.28. The summed E-state index contributed by atoms with van der Waals surface area (Å²) < 4.78 is 0. The van der Waals surface area contributed by atoms with Crippen molar-refractivity contribution in [3.8, 4) is 0 Å². The first-order valence-electron chi connectivity index (χ1n) is 5.42. The Balaban J connectivity index is 2.67. The molecule has 0 heterocycles. The Hall–Kier alpha value is -2.08. The van der Waals surface area contributed by atoms with Crippen molar-refractivity contribution in [1.82, 2.24) is 5.32 Å². The molecule has 1 aromatic carbocycles. The lowest BCUT2D eigenvalue weighted by molar-refractivity contribution is -0.140. The molecule has 0 aliphatic carbocycles. The monoisotopic (exact) mass is 252 g/mol. The van der Waals surface area contributed by atoms with Crippen LogP contribution in [0.15, 0.2) is 18.2 Å². The van der Waals surface area contributed by atoms with E-state index in [1.54, 1.807) is 6.07 Å². The Bertz CT molecular complexity index is 459. The third-order valence-electron chi connectivity index (χ3n) is 2.42. The molecule has 0 saturated heterocycles. The summed E-state index contributed by atoms with van der Waals surface area (Å²) in [7, 11) is 0. The number of rotatable bonds is 4. The molecule has 6 nitrogen and oxygen atoms in total. The second kappa shape index (κ2) is 6.02. The van der Waals surface area contributed by atoms with Crippen LogP contribution in [0, 0.1) is 13.8 Å². The van der Waals surface area contributed by atoms with Crippen molar-refractivity contribution in [3.05, 3.63) is 29.3 Å². The molecule has 4 N–H and O–H groups in total. The molecule has 0 aromatic heterocycles. The first kappa shape index (κ1) is 14.0. The quantitative estimate of drug-likeness (QED) is 0.639. The van der Waals surface area contributed by atoms with E-state index in [4.69, 9.17) is 10.2 Å². The van der Waals surface area contributed by atoms with Crippen molar-refractivity contribution in [3.63, 3.8) is 0 Å². The lowest BCUT2D eigenvalue weighted by Crippen LogP contribution is -2.45. The molecule has 0 bridgehead atoms. The van der Waals surface area contributed by atoms with Crippen LogP contribution in [-0.4, -0.2) is 34.9 Å². The van der Waals surface area contributed by atoms with Crippen molar-refractivity contribution in [2.24, 2.45) is 0 Å². The third kappa shape index (κ3) is 3.74.